The van der Waals surface area contributed by atoms with E-state index in [2.05, 4.69) is 25.5 Å². The molecule has 0 radical (unpaired) electrons. The molecule has 0 spiro atoms. The zero-order valence-electron chi connectivity index (χ0n) is 11.3. The van der Waals surface area contributed by atoms with E-state index in [1.165, 1.54) is 11.3 Å². The van der Waals surface area contributed by atoms with Crippen LogP contribution in [0.25, 0.3) is 0 Å². The van der Waals surface area contributed by atoms with Crippen molar-refractivity contribution in [1.82, 2.24) is 4.72 Å². The van der Waals surface area contributed by atoms with Crippen LogP contribution in [-0.4, -0.2) is 20.1 Å². The lowest BCUT2D eigenvalue weighted by Gasteiger charge is -2.18. The van der Waals surface area contributed by atoms with Gasteiger partial charge in [-0.25, -0.2) is 13.1 Å². The highest BCUT2D eigenvalue weighted by atomic mass is 32.2. The first-order valence-corrected chi connectivity index (χ1v) is 8.21. The zero-order valence-corrected chi connectivity index (χ0v) is 12.9. The molecule has 1 aromatic heterocycles. The van der Waals surface area contributed by atoms with Crippen molar-refractivity contribution in [2.45, 2.75) is 45.6 Å². The quantitative estimate of drug-likeness (QED) is 0.874. The summed E-state index contributed by atoms with van der Waals surface area (Å²) in [7, 11) is -3.51. The maximum Gasteiger partial charge on any atom is 0.242 e. The van der Waals surface area contributed by atoms with Crippen molar-refractivity contribution in [3.05, 3.63) is 15.8 Å². The predicted octanol–water partition coefficient (Wildman–Crippen LogP) is 2.26. The molecule has 4 nitrogen and oxygen atoms in total. The average molecular weight is 291 g/mol. The number of rotatable bonds is 5. The monoisotopic (exact) mass is 291 g/mol. The molecule has 1 aromatic rings. The first-order valence-electron chi connectivity index (χ1n) is 5.85. The second-order valence-electron chi connectivity index (χ2n) is 5.54. The van der Waals surface area contributed by atoms with Crippen LogP contribution < -0.4 is 4.72 Å². The molecule has 2 N–H and O–H groups in total. The van der Waals surface area contributed by atoms with Crippen molar-refractivity contribution >= 4 is 21.4 Å². The molecule has 0 aliphatic heterocycles. The largest absolute Gasteiger partial charge is 0.391 e. The van der Waals surface area contributed by atoms with Crippen LogP contribution in [0.1, 0.15) is 37.6 Å². The summed E-state index contributed by atoms with van der Waals surface area (Å²) < 4.78 is 26.9. The Morgan fingerprint density at radius 2 is 2.00 bits per heavy atom. The van der Waals surface area contributed by atoms with Gasteiger partial charge in [0.05, 0.1) is 11.5 Å². The van der Waals surface area contributed by atoms with Crippen LogP contribution in [0.2, 0.25) is 0 Å². The highest BCUT2D eigenvalue weighted by Crippen LogP contribution is 2.27. The van der Waals surface area contributed by atoms with Crippen molar-refractivity contribution in [2.75, 3.05) is 6.54 Å². The Bertz CT molecular complexity index is 498. The molecule has 6 heteroatoms. The zero-order chi connectivity index (χ0) is 14.0. The van der Waals surface area contributed by atoms with Crippen LogP contribution in [0.15, 0.2) is 10.3 Å². The van der Waals surface area contributed by atoms with E-state index in [-0.39, 0.29) is 16.9 Å². The lowest BCUT2D eigenvalue weighted by atomic mass is 9.93. The third-order valence-corrected chi connectivity index (χ3v) is 5.48. The summed E-state index contributed by atoms with van der Waals surface area (Å²) in [5.74, 6) is 0. The van der Waals surface area contributed by atoms with Gasteiger partial charge in [-0.15, -0.1) is 11.3 Å². The van der Waals surface area contributed by atoms with E-state index >= 15 is 0 Å². The van der Waals surface area contributed by atoms with Gasteiger partial charge in [0.2, 0.25) is 10.0 Å². The van der Waals surface area contributed by atoms with E-state index in [4.69, 9.17) is 5.11 Å². The van der Waals surface area contributed by atoms with Gasteiger partial charge < -0.3 is 5.11 Å². The maximum absolute atomic E-state index is 12.2. The number of sulfonamides is 1. The Morgan fingerprint density at radius 3 is 2.50 bits per heavy atom. The summed E-state index contributed by atoms with van der Waals surface area (Å²) in [5.41, 5.74) is 0.777. The molecule has 0 unspecified atom stereocenters. The van der Waals surface area contributed by atoms with Crippen molar-refractivity contribution in [2.24, 2.45) is 5.41 Å². The van der Waals surface area contributed by atoms with Gasteiger partial charge in [-0.1, -0.05) is 20.8 Å². The van der Waals surface area contributed by atoms with E-state index in [1.807, 2.05) is 0 Å². The topological polar surface area (TPSA) is 66.4 Å². The fraction of sp³-hybridized carbons (Fsp3) is 0.667. The lowest BCUT2D eigenvalue weighted by Crippen LogP contribution is -2.28. The third-order valence-electron chi connectivity index (χ3n) is 2.57. The van der Waals surface area contributed by atoms with Gasteiger partial charge in [0.15, 0.2) is 0 Å². The van der Waals surface area contributed by atoms with E-state index in [1.54, 1.807) is 12.3 Å². The van der Waals surface area contributed by atoms with Crippen molar-refractivity contribution < 1.29 is 13.5 Å². The molecule has 0 bridgehead atoms. The second kappa shape index (κ2) is 5.69. The molecule has 0 atom stereocenters. The molecule has 1 rings (SSSR count). The number of hydrogen-bond donors (Lipinski definition) is 2. The average Bonchev–Trinajstić information content (AvgIpc) is 2.57. The Balaban J connectivity index is 2.84. The number of aliphatic hydroxyl groups is 1. The fourth-order valence-electron chi connectivity index (χ4n) is 1.59. The van der Waals surface area contributed by atoms with Crippen LogP contribution in [0.4, 0.5) is 0 Å². The molecule has 0 saturated heterocycles. The lowest BCUT2D eigenvalue weighted by molar-refractivity contribution is 0.282. The molecular formula is C12H21NO3S2. The third kappa shape index (κ3) is 4.05. The van der Waals surface area contributed by atoms with E-state index in [9.17, 15) is 8.42 Å². The SMILES string of the molecule is Cc1csc(CO)c1S(=O)(=O)NCCC(C)(C)C. The number of hydrogen-bond acceptors (Lipinski definition) is 4. The predicted molar refractivity (Wildman–Crippen MR) is 74.2 cm³/mol. The molecule has 104 valence electrons. The molecule has 0 aliphatic rings. The maximum atomic E-state index is 12.2. The molecule has 0 aliphatic carbocycles. The molecule has 0 fully saturated rings. The number of aryl methyl sites for hydroxylation is 1. The number of thiophene rings is 1. The molecule has 0 aromatic carbocycles. The Morgan fingerprint density at radius 1 is 1.39 bits per heavy atom. The van der Waals surface area contributed by atoms with Gasteiger partial charge in [0.25, 0.3) is 0 Å². The summed E-state index contributed by atoms with van der Waals surface area (Å²) in [6.07, 6.45) is 0.768. The number of aliphatic hydroxyl groups excluding tert-OH is 1. The minimum Gasteiger partial charge on any atom is -0.391 e. The Kier molecular flexibility index (Phi) is 4.94. The first-order chi connectivity index (χ1) is 8.17. The minimum absolute atomic E-state index is 0.0893. The molecule has 18 heavy (non-hydrogen) atoms. The minimum atomic E-state index is -3.51. The van der Waals surface area contributed by atoms with Gasteiger partial charge in [0.1, 0.15) is 4.90 Å². The molecule has 0 amide bonds. The second-order valence-corrected chi connectivity index (χ2v) is 8.21. The fourth-order valence-corrected chi connectivity index (χ4v) is 4.28. The summed E-state index contributed by atoms with van der Waals surface area (Å²) >= 11 is 1.27. The summed E-state index contributed by atoms with van der Waals surface area (Å²) in [6, 6.07) is 0. The first kappa shape index (κ1) is 15.6. The van der Waals surface area contributed by atoms with Gasteiger partial charge >= 0.3 is 0 Å². The number of nitrogens with one attached hydrogen (secondary N) is 1. The van der Waals surface area contributed by atoms with Gasteiger partial charge in [-0.05, 0) is 29.7 Å². The van der Waals surface area contributed by atoms with Crippen LogP contribution in [0.3, 0.4) is 0 Å². The van der Waals surface area contributed by atoms with Crippen LogP contribution in [-0.2, 0) is 16.6 Å². The van der Waals surface area contributed by atoms with E-state index < -0.39 is 10.0 Å². The van der Waals surface area contributed by atoms with Gasteiger partial charge in [-0.3, -0.25) is 0 Å². The normalized spacial score (nSPS) is 12.9. The van der Waals surface area contributed by atoms with Crippen LogP contribution >= 0.6 is 11.3 Å². The molecular weight excluding hydrogens is 270 g/mol. The smallest absolute Gasteiger partial charge is 0.242 e. The van der Waals surface area contributed by atoms with Crippen molar-refractivity contribution in [1.29, 1.82) is 0 Å². The molecule has 0 saturated carbocycles. The van der Waals surface area contributed by atoms with Crippen molar-refractivity contribution in [3.8, 4) is 0 Å². The van der Waals surface area contributed by atoms with Crippen molar-refractivity contribution in [3.63, 3.8) is 0 Å². The van der Waals surface area contributed by atoms with E-state index in [0.29, 0.717) is 17.0 Å². The Labute approximate surface area is 113 Å². The van der Waals surface area contributed by atoms with E-state index in [0.717, 1.165) is 6.42 Å². The Hall–Kier alpha value is -0.430. The summed E-state index contributed by atoms with van der Waals surface area (Å²) in [5, 5.41) is 10.9. The summed E-state index contributed by atoms with van der Waals surface area (Å²) in [6.45, 7) is 8.11. The van der Waals surface area contributed by atoms with Crippen LogP contribution in [0.5, 0.6) is 0 Å². The van der Waals surface area contributed by atoms with Gasteiger partial charge in [0, 0.05) is 6.54 Å². The highest BCUT2D eigenvalue weighted by Gasteiger charge is 2.23. The van der Waals surface area contributed by atoms with Gasteiger partial charge in [-0.2, -0.15) is 0 Å². The highest BCUT2D eigenvalue weighted by molar-refractivity contribution is 7.89. The summed E-state index contributed by atoms with van der Waals surface area (Å²) in [4.78, 5) is 0.736. The molecule has 1 heterocycles. The van der Waals surface area contributed by atoms with Crippen LogP contribution in [0, 0.1) is 12.3 Å². The standard InChI is InChI=1S/C12H21NO3S2/c1-9-8-17-10(7-14)11(9)18(15,16)13-6-5-12(2,3)4/h8,13-14H,5-7H2,1-4H3.